The number of rotatable bonds is 0. The van der Waals surface area contributed by atoms with Crippen molar-refractivity contribution in [3.63, 3.8) is 0 Å². The summed E-state index contributed by atoms with van der Waals surface area (Å²) in [5.41, 5.74) is 1.07. The molecule has 1 aromatic rings. The van der Waals surface area contributed by atoms with Crippen molar-refractivity contribution < 1.29 is 0 Å². The van der Waals surface area contributed by atoms with Crippen LogP contribution in [0.3, 0.4) is 0 Å². The first-order chi connectivity index (χ1) is 4.70. The number of hydrogen-bond donors (Lipinski definition) is 0. The third-order valence-corrected chi connectivity index (χ3v) is 0.847. The third kappa shape index (κ3) is 4.13. The number of aromatic nitrogens is 2. The molecule has 0 aromatic carbocycles. The second-order valence-electron chi connectivity index (χ2n) is 2.34. The molecule has 58 valence electrons. The summed E-state index contributed by atoms with van der Waals surface area (Å²) in [5.74, 6) is 0. The van der Waals surface area contributed by atoms with E-state index in [9.17, 15) is 0 Å². The standard InChI is InChI=1S/C5H8N2.C3H8/c1-5-3-4-7(2)6-5;1-3-2/h3-4H,1-2H3;3H2,1-2H3. The molecule has 0 amide bonds. The summed E-state index contributed by atoms with van der Waals surface area (Å²) in [5, 5.41) is 4.03. The van der Waals surface area contributed by atoms with Crippen molar-refractivity contribution in [2.24, 2.45) is 7.05 Å². The molecule has 0 spiro atoms. The van der Waals surface area contributed by atoms with Gasteiger partial charge in [-0.05, 0) is 13.0 Å². The number of hydrogen-bond acceptors (Lipinski definition) is 1. The van der Waals surface area contributed by atoms with Gasteiger partial charge in [-0.25, -0.2) is 0 Å². The fourth-order valence-corrected chi connectivity index (χ4v) is 0.531. The van der Waals surface area contributed by atoms with Gasteiger partial charge in [-0.3, -0.25) is 4.68 Å². The van der Waals surface area contributed by atoms with Crippen LogP contribution in [0.15, 0.2) is 12.3 Å². The first-order valence-corrected chi connectivity index (χ1v) is 3.67. The van der Waals surface area contributed by atoms with Gasteiger partial charge in [0.05, 0.1) is 5.69 Å². The van der Waals surface area contributed by atoms with E-state index in [4.69, 9.17) is 0 Å². The Kier molecular flexibility index (Phi) is 4.63. The van der Waals surface area contributed by atoms with Gasteiger partial charge in [0.1, 0.15) is 0 Å². The van der Waals surface area contributed by atoms with E-state index in [1.54, 1.807) is 4.68 Å². The summed E-state index contributed by atoms with van der Waals surface area (Å²) in [6.45, 7) is 6.22. The average molecular weight is 140 g/mol. The number of nitrogens with zero attached hydrogens (tertiary/aromatic N) is 2. The monoisotopic (exact) mass is 140 g/mol. The van der Waals surface area contributed by atoms with Crippen LogP contribution in [-0.2, 0) is 7.05 Å². The molecule has 0 saturated heterocycles. The molecule has 0 bridgehead atoms. The maximum Gasteiger partial charge on any atom is 0.0593 e. The Morgan fingerprint density at radius 1 is 1.50 bits per heavy atom. The SMILES string of the molecule is CCC.Cc1ccn(C)n1. The average Bonchev–Trinajstić information content (AvgIpc) is 2.17. The minimum atomic E-state index is 1.07. The lowest BCUT2D eigenvalue weighted by atomic mass is 10.5. The van der Waals surface area contributed by atoms with Crippen LogP contribution in [0.2, 0.25) is 0 Å². The lowest BCUT2D eigenvalue weighted by Gasteiger charge is -1.79. The lowest BCUT2D eigenvalue weighted by molar-refractivity contribution is 0.756. The smallest absolute Gasteiger partial charge is 0.0593 e. The summed E-state index contributed by atoms with van der Waals surface area (Å²) in [4.78, 5) is 0. The molecule has 1 heterocycles. The topological polar surface area (TPSA) is 17.8 Å². The minimum Gasteiger partial charge on any atom is -0.276 e. The highest BCUT2D eigenvalue weighted by Gasteiger charge is 1.81. The molecule has 0 aliphatic carbocycles. The molecule has 10 heavy (non-hydrogen) atoms. The van der Waals surface area contributed by atoms with Gasteiger partial charge in [-0.15, -0.1) is 0 Å². The highest BCUT2D eigenvalue weighted by molar-refractivity contribution is 4.93. The van der Waals surface area contributed by atoms with E-state index in [2.05, 4.69) is 18.9 Å². The van der Waals surface area contributed by atoms with Gasteiger partial charge < -0.3 is 0 Å². The predicted molar refractivity (Wildman–Crippen MR) is 43.9 cm³/mol. The maximum atomic E-state index is 4.03. The van der Waals surface area contributed by atoms with Crippen LogP contribution in [0, 0.1) is 6.92 Å². The predicted octanol–water partition coefficient (Wildman–Crippen LogP) is 2.14. The quantitative estimate of drug-likeness (QED) is 0.540. The molecule has 0 aliphatic rings. The molecule has 1 rings (SSSR count). The molecule has 0 atom stereocenters. The van der Waals surface area contributed by atoms with Crippen molar-refractivity contribution in [2.75, 3.05) is 0 Å². The van der Waals surface area contributed by atoms with Crippen LogP contribution in [0.5, 0.6) is 0 Å². The zero-order valence-electron chi connectivity index (χ0n) is 7.26. The zero-order chi connectivity index (χ0) is 7.98. The summed E-state index contributed by atoms with van der Waals surface area (Å²) in [6.07, 6.45) is 3.18. The normalized spacial score (nSPS) is 8.40. The molecule has 0 aliphatic heterocycles. The van der Waals surface area contributed by atoms with E-state index in [0.29, 0.717) is 0 Å². The minimum absolute atomic E-state index is 1.07. The summed E-state index contributed by atoms with van der Waals surface area (Å²) >= 11 is 0. The Bertz CT molecular complexity index is 151. The van der Waals surface area contributed by atoms with Crippen LogP contribution in [0.25, 0.3) is 0 Å². The van der Waals surface area contributed by atoms with Crippen molar-refractivity contribution in [3.05, 3.63) is 18.0 Å². The highest BCUT2D eigenvalue weighted by Crippen LogP contribution is 1.86. The largest absolute Gasteiger partial charge is 0.276 e. The molecular weight excluding hydrogens is 124 g/mol. The van der Waals surface area contributed by atoms with E-state index >= 15 is 0 Å². The molecule has 2 nitrogen and oxygen atoms in total. The van der Waals surface area contributed by atoms with Crippen LogP contribution < -0.4 is 0 Å². The van der Waals surface area contributed by atoms with Gasteiger partial charge in [0.15, 0.2) is 0 Å². The molecule has 1 aromatic heterocycles. The highest BCUT2D eigenvalue weighted by atomic mass is 15.2. The van der Waals surface area contributed by atoms with Gasteiger partial charge in [-0.1, -0.05) is 20.3 Å². The molecular formula is C8H16N2. The Labute approximate surface area is 62.9 Å². The Balaban J connectivity index is 0.000000236. The van der Waals surface area contributed by atoms with Crippen LogP contribution >= 0.6 is 0 Å². The zero-order valence-corrected chi connectivity index (χ0v) is 7.26. The Hall–Kier alpha value is -0.790. The van der Waals surface area contributed by atoms with Gasteiger partial charge in [0.2, 0.25) is 0 Å². The van der Waals surface area contributed by atoms with Crippen LogP contribution in [-0.4, -0.2) is 9.78 Å². The second kappa shape index (κ2) is 5.03. The van der Waals surface area contributed by atoms with E-state index in [0.717, 1.165) is 5.69 Å². The summed E-state index contributed by atoms with van der Waals surface area (Å²) < 4.78 is 1.79. The fourth-order valence-electron chi connectivity index (χ4n) is 0.531. The molecule has 0 saturated carbocycles. The van der Waals surface area contributed by atoms with E-state index < -0.39 is 0 Å². The lowest BCUT2D eigenvalue weighted by Crippen LogP contribution is -1.86. The van der Waals surface area contributed by atoms with Crippen LogP contribution in [0.4, 0.5) is 0 Å². The van der Waals surface area contributed by atoms with Crippen molar-refractivity contribution >= 4 is 0 Å². The Morgan fingerprint density at radius 3 is 2.10 bits per heavy atom. The van der Waals surface area contributed by atoms with Crippen molar-refractivity contribution in [2.45, 2.75) is 27.2 Å². The van der Waals surface area contributed by atoms with E-state index in [1.165, 1.54) is 6.42 Å². The molecule has 0 unspecified atom stereocenters. The number of aryl methyl sites for hydroxylation is 2. The van der Waals surface area contributed by atoms with Gasteiger partial charge in [0, 0.05) is 13.2 Å². The van der Waals surface area contributed by atoms with Crippen molar-refractivity contribution in [1.29, 1.82) is 0 Å². The summed E-state index contributed by atoms with van der Waals surface area (Å²) in [7, 11) is 1.91. The third-order valence-electron chi connectivity index (χ3n) is 0.847. The van der Waals surface area contributed by atoms with Gasteiger partial charge in [-0.2, -0.15) is 5.10 Å². The van der Waals surface area contributed by atoms with Crippen molar-refractivity contribution in [3.8, 4) is 0 Å². The van der Waals surface area contributed by atoms with Crippen molar-refractivity contribution in [1.82, 2.24) is 9.78 Å². The molecule has 2 heteroatoms. The Morgan fingerprint density at radius 2 is 2.00 bits per heavy atom. The first kappa shape index (κ1) is 9.21. The maximum absolute atomic E-state index is 4.03. The first-order valence-electron chi connectivity index (χ1n) is 3.67. The molecule has 0 fully saturated rings. The fraction of sp³-hybridized carbons (Fsp3) is 0.625. The molecule has 0 radical (unpaired) electrons. The van der Waals surface area contributed by atoms with E-state index in [1.807, 2.05) is 26.2 Å². The van der Waals surface area contributed by atoms with Gasteiger partial charge in [0.25, 0.3) is 0 Å². The van der Waals surface area contributed by atoms with E-state index in [-0.39, 0.29) is 0 Å². The molecule has 0 N–H and O–H groups in total. The van der Waals surface area contributed by atoms with Crippen LogP contribution in [0.1, 0.15) is 26.0 Å². The second-order valence-corrected chi connectivity index (χ2v) is 2.34. The summed E-state index contributed by atoms with van der Waals surface area (Å²) in [6, 6.07) is 1.97. The van der Waals surface area contributed by atoms with Gasteiger partial charge >= 0.3 is 0 Å².